The molecule has 0 aromatic heterocycles. The topological polar surface area (TPSA) is 37.3 Å². The summed E-state index contributed by atoms with van der Waals surface area (Å²) in [5.74, 6) is 0.0393. The monoisotopic (exact) mass is 550 g/mol. The van der Waals surface area contributed by atoms with Gasteiger partial charge in [0.2, 0.25) is 0 Å². The summed E-state index contributed by atoms with van der Waals surface area (Å²) >= 11 is 6.76. The van der Waals surface area contributed by atoms with Gasteiger partial charge in [-0.3, -0.25) is 4.79 Å². The first-order chi connectivity index (χ1) is 7.54. The van der Waals surface area contributed by atoms with Gasteiger partial charge < -0.3 is 5.11 Å². The Bertz CT molecular complexity index is 594. The molecule has 0 aliphatic rings. The number of fused-ring (bicyclic) bond motifs is 1. The molecule has 0 aliphatic carbocycles. The Kier molecular flexibility index (Phi) is 3.94. The molecule has 2 aromatic rings. The Morgan fingerprint density at radius 3 is 2.31 bits per heavy atom. The predicted octanol–water partition coefficient (Wildman–Crippen LogP) is 4.17. The molecule has 5 heteroatoms. The Hall–Kier alpha value is 0.360. The lowest BCUT2D eigenvalue weighted by molar-refractivity contribution is 0.112. The molecule has 0 unspecified atom stereocenters. The van der Waals surface area contributed by atoms with Crippen LogP contribution in [0.2, 0.25) is 0 Å². The van der Waals surface area contributed by atoms with Crippen LogP contribution in [0.4, 0.5) is 0 Å². The predicted molar refractivity (Wildman–Crippen MR) is 89.2 cm³/mol. The van der Waals surface area contributed by atoms with Crippen LogP contribution in [0.1, 0.15) is 10.4 Å². The van der Waals surface area contributed by atoms with Gasteiger partial charge in [0, 0.05) is 10.7 Å². The number of hydrogen-bond donors (Lipinski definition) is 1. The third-order valence-corrected chi connectivity index (χ3v) is 6.19. The number of halogens is 3. The Morgan fingerprint density at radius 1 is 1.00 bits per heavy atom. The highest BCUT2D eigenvalue weighted by Gasteiger charge is 2.10. The summed E-state index contributed by atoms with van der Waals surface area (Å²) < 4.78 is 3.33. The zero-order chi connectivity index (χ0) is 11.9. The molecular formula is C11H5I3O2. The van der Waals surface area contributed by atoms with E-state index in [1.807, 2.05) is 0 Å². The highest BCUT2D eigenvalue weighted by atomic mass is 127. The van der Waals surface area contributed by atoms with E-state index in [-0.39, 0.29) is 5.75 Å². The van der Waals surface area contributed by atoms with E-state index in [1.54, 1.807) is 12.1 Å². The number of phenols is 1. The fourth-order valence-electron chi connectivity index (χ4n) is 1.46. The molecule has 2 nitrogen and oxygen atoms in total. The Morgan fingerprint density at radius 2 is 1.69 bits per heavy atom. The average molecular weight is 550 g/mol. The largest absolute Gasteiger partial charge is 0.507 e. The van der Waals surface area contributed by atoms with E-state index >= 15 is 0 Å². The zero-order valence-electron chi connectivity index (χ0n) is 7.80. The highest BCUT2D eigenvalue weighted by Crippen LogP contribution is 2.33. The number of carbonyl (C=O) groups excluding carboxylic acids is 1. The summed E-state index contributed by atoms with van der Waals surface area (Å²) in [4.78, 5) is 10.8. The van der Waals surface area contributed by atoms with Gasteiger partial charge in [-0.2, -0.15) is 0 Å². The fraction of sp³-hybridized carbons (Fsp3) is 0. The molecule has 0 aliphatic heterocycles. The van der Waals surface area contributed by atoms with Crippen LogP contribution in [0.15, 0.2) is 18.2 Å². The normalized spacial score (nSPS) is 10.7. The van der Waals surface area contributed by atoms with Crippen molar-refractivity contribution in [3.8, 4) is 5.75 Å². The van der Waals surface area contributed by atoms with Gasteiger partial charge in [-0.25, -0.2) is 0 Å². The minimum Gasteiger partial charge on any atom is -0.507 e. The minimum atomic E-state index is 0.0393. The van der Waals surface area contributed by atoms with Crippen LogP contribution in [0.3, 0.4) is 0 Å². The standard InChI is InChI=1S/C11H5I3O2/c12-8-3-9(13)11(14)7-1-5(4-15)10(16)2-6(7)8/h1-4,16H. The molecule has 16 heavy (non-hydrogen) atoms. The summed E-state index contributed by atoms with van der Waals surface area (Å²) in [5.41, 5.74) is 0.336. The van der Waals surface area contributed by atoms with Gasteiger partial charge in [0.15, 0.2) is 6.29 Å². The number of rotatable bonds is 1. The summed E-state index contributed by atoms with van der Waals surface area (Å²) in [6, 6.07) is 5.45. The summed E-state index contributed by atoms with van der Waals surface area (Å²) in [6.45, 7) is 0. The molecular weight excluding hydrogens is 545 g/mol. The van der Waals surface area contributed by atoms with E-state index in [2.05, 4.69) is 73.8 Å². The highest BCUT2D eigenvalue weighted by molar-refractivity contribution is 14.1. The van der Waals surface area contributed by atoms with Crippen molar-refractivity contribution in [3.63, 3.8) is 0 Å². The Balaban J connectivity index is 2.96. The van der Waals surface area contributed by atoms with Gasteiger partial charge >= 0.3 is 0 Å². The molecule has 0 heterocycles. The number of benzene rings is 2. The van der Waals surface area contributed by atoms with E-state index in [0.29, 0.717) is 11.8 Å². The number of phenolic OH excluding ortho intramolecular Hbond substituents is 1. The van der Waals surface area contributed by atoms with Gasteiger partial charge in [-0.05, 0) is 96.7 Å². The molecule has 2 aromatic carbocycles. The number of aldehydes is 1. The van der Waals surface area contributed by atoms with Crippen LogP contribution >= 0.6 is 67.8 Å². The van der Waals surface area contributed by atoms with E-state index < -0.39 is 0 Å². The lowest BCUT2D eigenvalue weighted by atomic mass is 10.1. The lowest BCUT2D eigenvalue weighted by Crippen LogP contribution is -1.90. The third kappa shape index (κ3) is 2.17. The van der Waals surface area contributed by atoms with Crippen molar-refractivity contribution in [1.29, 1.82) is 0 Å². The van der Waals surface area contributed by atoms with Gasteiger partial charge in [0.05, 0.1) is 5.56 Å². The maximum Gasteiger partial charge on any atom is 0.153 e. The van der Waals surface area contributed by atoms with Crippen molar-refractivity contribution < 1.29 is 9.90 Å². The van der Waals surface area contributed by atoms with Crippen LogP contribution in [0.5, 0.6) is 5.75 Å². The van der Waals surface area contributed by atoms with Crippen LogP contribution in [0, 0.1) is 10.7 Å². The summed E-state index contributed by atoms with van der Waals surface area (Å²) in [7, 11) is 0. The van der Waals surface area contributed by atoms with Gasteiger partial charge in [-0.15, -0.1) is 0 Å². The molecule has 1 N–H and O–H groups in total. The molecule has 82 valence electrons. The first kappa shape index (κ1) is 12.8. The van der Waals surface area contributed by atoms with E-state index in [0.717, 1.165) is 21.5 Å². The number of aromatic hydroxyl groups is 1. The van der Waals surface area contributed by atoms with Gasteiger partial charge in [0.25, 0.3) is 0 Å². The smallest absolute Gasteiger partial charge is 0.153 e. The van der Waals surface area contributed by atoms with Crippen molar-refractivity contribution >= 4 is 84.8 Å². The van der Waals surface area contributed by atoms with E-state index in [9.17, 15) is 9.90 Å². The molecule has 0 radical (unpaired) electrons. The second-order valence-electron chi connectivity index (χ2n) is 3.23. The molecule has 0 saturated heterocycles. The molecule has 0 amide bonds. The SMILES string of the molecule is O=Cc1cc2c(I)c(I)cc(I)c2cc1O. The Labute approximate surface area is 133 Å². The van der Waals surface area contributed by atoms with Gasteiger partial charge in [0.1, 0.15) is 5.75 Å². The molecule has 0 spiro atoms. The molecule has 0 atom stereocenters. The van der Waals surface area contributed by atoms with E-state index in [1.165, 1.54) is 0 Å². The second kappa shape index (κ2) is 4.92. The molecule has 0 bridgehead atoms. The quantitative estimate of drug-likeness (QED) is 0.329. The lowest BCUT2D eigenvalue weighted by Gasteiger charge is -2.08. The average Bonchev–Trinajstić information content (AvgIpc) is 2.25. The van der Waals surface area contributed by atoms with Gasteiger partial charge in [-0.1, -0.05) is 0 Å². The maximum atomic E-state index is 10.8. The molecule has 0 saturated carbocycles. The van der Waals surface area contributed by atoms with Crippen LogP contribution in [-0.2, 0) is 0 Å². The third-order valence-electron chi connectivity index (χ3n) is 2.25. The van der Waals surface area contributed by atoms with Crippen LogP contribution < -0.4 is 0 Å². The second-order valence-corrected chi connectivity index (χ2v) is 6.63. The minimum absolute atomic E-state index is 0.0393. The zero-order valence-corrected chi connectivity index (χ0v) is 14.3. The van der Waals surface area contributed by atoms with Crippen LogP contribution in [-0.4, -0.2) is 11.4 Å². The first-order valence-electron chi connectivity index (χ1n) is 4.30. The maximum absolute atomic E-state index is 10.8. The molecule has 0 fully saturated rings. The fourth-order valence-corrected chi connectivity index (χ4v) is 4.02. The number of hydrogen-bond acceptors (Lipinski definition) is 2. The van der Waals surface area contributed by atoms with Crippen molar-refractivity contribution in [2.75, 3.05) is 0 Å². The van der Waals surface area contributed by atoms with Crippen molar-refractivity contribution in [3.05, 3.63) is 34.5 Å². The summed E-state index contributed by atoms with van der Waals surface area (Å²) in [5, 5.41) is 11.6. The van der Waals surface area contributed by atoms with Crippen LogP contribution in [0.25, 0.3) is 10.8 Å². The first-order valence-corrected chi connectivity index (χ1v) is 7.53. The van der Waals surface area contributed by atoms with Crippen molar-refractivity contribution in [1.82, 2.24) is 0 Å². The number of carbonyl (C=O) groups is 1. The van der Waals surface area contributed by atoms with Crippen molar-refractivity contribution in [2.45, 2.75) is 0 Å². The van der Waals surface area contributed by atoms with E-state index in [4.69, 9.17) is 0 Å². The molecule has 2 rings (SSSR count). The summed E-state index contributed by atoms with van der Waals surface area (Å²) in [6.07, 6.45) is 0.678. The van der Waals surface area contributed by atoms with Crippen molar-refractivity contribution in [2.24, 2.45) is 0 Å².